The van der Waals surface area contributed by atoms with Gasteiger partial charge < -0.3 is 23.6 Å². The quantitative estimate of drug-likeness (QED) is 0.473. The highest BCUT2D eigenvalue weighted by atomic mass is 28.4. The number of nitrogens with zero attached hydrogens (tertiary/aromatic N) is 2. The van der Waals surface area contributed by atoms with Crippen LogP contribution in [0.3, 0.4) is 0 Å². The van der Waals surface area contributed by atoms with Gasteiger partial charge >= 0.3 is 6.09 Å². The van der Waals surface area contributed by atoms with E-state index in [-0.39, 0.29) is 18.9 Å². The lowest BCUT2D eigenvalue weighted by atomic mass is 9.82. The van der Waals surface area contributed by atoms with Crippen LogP contribution in [-0.2, 0) is 26.4 Å². The van der Waals surface area contributed by atoms with Gasteiger partial charge in [-0.1, -0.05) is 37.3 Å². The van der Waals surface area contributed by atoms with E-state index in [1.54, 1.807) is 18.0 Å². The van der Waals surface area contributed by atoms with Crippen molar-refractivity contribution in [3.8, 4) is 0 Å². The fourth-order valence-electron chi connectivity index (χ4n) is 6.15. The molecule has 4 atom stereocenters. The fraction of sp³-hybridized carbons (Fsp3) is 0.462. The molecule has 0 aliphatic carbocycles. The summed E-state index contributed by atoms with van der Waals surface area (Å²) in [5.41, 5.74) is 1.07. The Kier molecular flexibility index (Phi) is 5.97. The van der Waals surface area contributed by atoms with E-state index in [9.17, 15) is 14.7 Å². The Morgan fingerprint density at radius 2 is 1.91 bits per heavy atom. The molecular formula is C26H31FN2O5Si. The summed E-state index contributed by atoms with van der Waals surface area (Å²) in [6, 6.07) is 15.2. The average Bonchev–Trinajstić information content (AvgIpc) is 3.44. The van der Waals surface area contributed by atoms with Gasteiger partial charge in [0.2, 0.25) is 8.41 Å². The van der Waals surface area contributed by atoms with Gasteiger partial charge in [-0.2, -0.15) is 0 Å². The van der Waals surface area contributed by atoms with Crippen LogP contribution < -0.4 is 9.80 Å². The number of cyclic esters (lactones) is 1. The smallest absolute Gasteiger partial charge is 0.414 e. The summed E-state index contributed by atoms with van der Waals surface area (Å²) < 4.78 is 27.3. The molecule has 186 valence electrons. The molecule has 2 aromatic carbocycles. The van der Waals surface area contributed by atoms with Crippen molar-refractivity contribution < 1.29 is 28.3 Å². The van der Waals surface area contributed by atoms with Crippen LogP contribution >= 0.6 is 0 Å². The molecule has 2 fully saturated rings. The zero-order chi connectivity index (χ0) is 25.0. The number of hydrogen-bond acceptors (Lipinski definition) is 5. The van der Waals surface area contributed by atoms with Crippen molar-refractivity contribution >= 4 is 31.8 Å². The lowest BCUT2D eigenvalue weighted by molar-refractivity contribution is -0.146. The van der Waals surface area contributed by atoms with Gasteiger partial charge in [0.15, 0.2) is 5.60 Å². The van der Waals surface area contributed by atoms with Crippen LogP contribution in [-0.4, -0.2) is 51.4 Å². The number of carbonyl (C=O) groups is 2. The Morgan fingerprint density at radius 1 is 1.17 bits per heavy atom. The number of anilines is 2. The molecule has 5 rings (SSSR count). The van der Waals surface area contributed by atoms with E-state index in [4.69, 9.17) is 9.47 Å². The minimum absolute atomic E-state index is 0.150. The van der Waals surface area contributed by atoms with Crippen LogP contribution in [0.15, 0.2) is 48.5 Å². The molecule has 0 aromatic heterocycles. The summed E-state index contributed by atoms with van der Waals surface area (Å²) in [5.74, 6) is -0.674. The normalized spacial score (nSPS) is 28.2. The summed E-state index contributed by atoms with van der Waals surface area (Å²) in [6.45, 7) is 6.09. The molecule has 9 heteroatoms. The first-order valence-electron chi connectivity index (χ1n) is 12.1. The number of benzene rings is 2. The van der Waals surface area contributed by atoms with Gasteiger partial charge in [0.05, 0.1) is 24.9 Å². The molecule has 3 aliphatic rings. The van der Waals surface area contributed by atoms with Crippen LogP contribution in [0.2, 0.25) is 18.6 Å². The number of halogens is 1. The minimum Gasteiger partial charge on any atom is -0.447 e. The van der Waals surface area contributed by atoms with Crippen molar-refractivity contribution in [2.24, 2.45) is 5.92 Å². The van der Waals surface area contributed by atoms with Gasteiger partial charge in [0.1, 0.15) is 6.61 Å². The van der Waals surface area contributed by atoms with E-state index in [0.29, 0.717) is 36.6 Å². The highest BCUT2D eigenvalue weighted by Gasteiger charge is 2.66. The van der Waals surface area contributed by atoms with Gasteiger partial charge in [0.25, 0.3) is 5.91 Å². The van der Waals surface area contributed by atoms with Crippen molar-refractivity contribution in [2.75, 3.05) is 29.6 Å². The van der Waals surface area contributed by atoms with Crippen molar-refractivity contribution in [1.82, 2.24) is 0 Å². The number of carbonyl (C=O) groups excluding carboxylic acids is 2. The van der Waals surface area contributed by atoms with Gasteiger partial charge in [-0.15, -0.1) is 0 Å². The Balaban J connectivity index is 1.65. The maximum atomic E-state index is 15.7. The number of aliphatic hydroxyl groups excluding tert-OH is 1. The zero-order valence-electron chi connectivity index (χ0n) is 20.2. The molecule has 0 saturated carbocycles. The molecule has 3 aliphatic heterocycles. The van der Waals surface area contributed by atoms with Crippen molar-refractivity contribution in [3.05, 3.63) is 59.7 Å². The van der Waals surface area contributed by atoms with Crippen LogP contribution in [0.5, 0.6) is 0 Å². The number of fused-ring (bicyclic) bond motifs is 2. The molecule has 2 amide bonds. The molecule has 2 saturated heterocycles. The van der Waals surface area contributed by atoms with Crippen molar-refractivity contribution in [3.63, 3.8) is 0 Å². The Labute approximate surface area is 205 Å². The third kappa shape index (κ3) is 3.77. The minimum atomic E-state index is -3.27. The first kappa shape index (κ1) is 24.0. The number of ether oxygens (including phenoxy) is 2. The van der Waals surface area contributed by atoms with Crippen LogP contribution in [0.25, 0.3) is 0 Å². The fourth-order valence-corrected chi connectivity index (χ4v) is 8.69. The second kappa shape index (κ2) is 8.72. The zero-order valence-corrected chi connectivity index (χ0v) is 21.2. The van der Waals surface area contributed by atoms with Crippen LogP contribution in [0.1, 0.15) is 24.5 Å². The summed E-state index contributed by atoms with van der Waals surface area (Å²) in [4.78, 5) is 29.8. The van der Waals surface area contributed by atoms with Gasteiger partial charge in [0, 0.05) is 29.3 Å². The molecule has 2 aromatic rings. The summed E-state index contributed by atoms with van der Waals surface area (Å²) in [7, 11) is -3.27. The summed E-state index contributed by atoms with van der Waals surface area (Å²) in [5, 5.41) is 9.71. The van der Waals surface area contributed by atoms with E-state index >= 15 is 4.11 Å². The highest BCUT2D eigenvalue weighted by molar-refractivity contribution is 6.72. The number of hydrogen-bond donors (Lipinski definition) is 1. The van der Waals surface area contributed by atoms with E-state index in [1.807, 2.05) is 55.5 Å². The van der Waals surface area contributed by atoms with Gasteiger partial charge in [-0.05, 0) is 43.3 Å². The number of amides is 2. The van der Waals surface area contributed by atoms with Gasteiger partial charge in [-0.3, -0.25) is 9.69 Å². The molecule has 0 radical (unpaired) electrons. The number of rotatable bonds is 6. The maximum Gasteiger partial charge on any atom is 0.414 e. The van der Waals surface area contributed by atoms with E-state index < -0.39 is 37.7 Å². The Morgan fingerprint density at radius 3 is 2.54 bits per heavy atom. The summed E-state index contributed by atoms with van der Waals surface area (Å²) >= 11 is 0. The standard InChI is InChI=1S/C26H31FN2O5Si/c1-17-23(35(2,3)27)22(11-13-30)34-26(17)20-15-19(28-12-14-33-25(28)32)9-10-21(20)29(24(26)31)16-18-7-5-4-6-8-18/h4-10,15,17,22-23,30H,11-14,16H2,1-3H3/t17-,22+,23-,26+/m1/s1. The second-order valence-corrected chi connectivity index (χ2v) is 13.9. The molecule has 0 unspecified atom stereocenters. The largest absolute Gasteiger partial charge is 0.447 e. The van der Waals surface area contributed by atoms with Crippen LogP contribution in [0.4, 0.5) is 20.3 Å². The molecule has 7 nitrogen and oxygen atoms in total. The third-order valence-corrected chi connectivity index (χ3v) is 10.1. The molecular weight excluding hydrogens is 467 g/mol. The van der Waals surface area contributed by atoms with Crippen molar-refractivity contribution in [2.45, 2.75) is 50.2 Å². The molecule has 1 N–H and O–H groups in total. The Hall–Kier alpha value is -2.75. The predicted octanol–water partition coefficient (Wildman–Crippen LogP) is 4.35. The van der Waals surface area contributed by atoms with E-state index in [1.165, 1.54) is 4.90 Å². The maximum absolute atomic E-state index is 15.7. The lowest BCUT2D eigenvalue weighted by Gasteiger charge is -2.31. The average molecular weight is 499 g/mol. The van der Waals surface area contributed by atoms with E-state index in [2.05, 4.69) is 0 Å². The first-order chi connectivity index (χ1) is 16.7. The topological polar surface area (TPSA) is 79.3 Å². The van der Waals surface area contributed by atoms with Gasteiger partial charge in [-0.25, -0.2) is 4.79 Å². The van der Waals surface area contributed by atoms with E-state index in [0.717, 1.165) is 5.56 Å². The molecule has 3 heterocycles. The van der Waals surface area contributed by atoms with Crippen molar-refractivity contribution in [1.29, 1.82) is 0 Å². The Bertz CT molecular complexity index is 1140. The first-order valence-corrected chi connectivity index (χ1v) is 15.1. The second-order valence-electron chi connectivity index (χ2n) is 10.1. The SMILES string of the molecule is C[C@@H]1[C@@H]([Si](C)(C)F)[C@H](CCO)O[C@@]12C(=O)N(Cc1ccccc1)c1ccc(N3CCOC3=O)cc12. The van der Waals surface area contributed by atoms with Crippen LogP contribution in [0, 0.1) is 5.92 Å². The lowest BCUT2D eigenvalue weighted by Crippen LogP contribution is -2.45. The number of aliphatic hydroxyl groups is 1. The molecule has 1 spiro atoms. The predicted molar refractivity (Wildman–Crippen MR) is 133 cm³/mol. The highest BCUT2D eigenvalue weighted by Crippen LogP contribution is 2.60. The third-order valence-electron chi connectivity index (χ3n) is 7.61. The molecule has 35 heavy (non-hydrogen) atoms. The summed E-state index contributed by atoms with van der Waals surface area (Å²) in [6.07, 6.45) is -0.745. The monoisotopic (exact) mass is 498 g/mol. The molecule has 0 bridgehead atoms.